The van der Waals surface area contributed by atoms with Crippen LogP contribution < -0.4 is 4.74 Å². The molecule has 0 bridgehead atoms. The topological polar surface area (TPSA) is 29.5 Å². The van der Waals surface area contributed by atoms with E-state index in [1.54, 1.807) is 12.1 Å². The van der Waals surface area contributed by atoms with E-state index in [9.17, 15) is 5.11 Å². The summed E-state index contributed by atoms with van der Waals surface area (Å²) in [5, 5.41) is 9.65. The zero-order valence-electron chi connectivity index (χ0n) is 15.4. The van der Waals surface area contributed by atoms with Crippen molar-refractivity contribution in [3.05, 3.63) is 95.6 Å². The molecule has 138 valence electrons. The van der Waals surface area contributed by atoms with Crippen molar-refractivity contribution in [1.82, 2.24) is 0 Å². The Balaban J connectivity index is 2.12. The number of ether oxygens (including phenoxy) is 1. The van der Waals surface area contributed by atoms with Gasteiger partial charge in [-0.15, -0.1) is 11.6 Å². The summed E-state index contributed by atoms with van der Waals surface area (Å²) in [5.74, 6) is 1.56. The molecule has 0 atom stereocenters. The van der Waals surface area contributed by atoms with Gasteiger partial charge in [-0.2, -0.15) is 0 Å². The number of benzene rings is 3. The van der Waals surface area contributed by atoms with E-state index < -0.39 is 0 Å². The Bertz CT molecular complexity index is 882. The van der Waals surface area contributed by atoms with E-state index in [0.29, 0.717) is 12.5 Å². The molecule has 3 rings (SSSR count). The van der Waals surface area contributed by atoms with Crippen LogP contribution in [0.2, 0.25) is 0 Å². The number of halogens is 1. The Morgan fingerprint density at radius 3 is 2.00 bits per heavy atom. The van der Waals surface area contributed by atoms with E-state index in [2.05, 4.69) is 43.3 Å². The summed E-state index contributed by atoms with van der Waals surface area (Å²) in [5.41, 5.74) is 5.82. The molecule has 0 amide bonds. The van der Waals surface area contributed by atoms with Crippen molar-refractivity contribution < 1.29 is 9.84 Å². The molecule has 3 aromatic carbocycles. The largest absolute Gasteiger partial charge is 0.508 e. The maximum absolute atomic E-state index is 9.65. The third kappa shape index (κ3) is 4.72. The zero-order valence-corrected chi connectivity index (χ0v) is 16.1. The Morgan fingerprint density at radius 1 is 0.815 bits per heavy atom. The normalized spacial score (nSPS) is 11.8. The highest BCUT2D eigenvalue weighted by Crippen LogP contribution is 2.35. The van der Waals surface area contributed by atoms with E-state index in [1.807, 2.05) is 30.3 Å². The zero-order chi connectivity index (χ0) is 19.1. The van der Waals surface area contributed by atoms with Crippen LogP contribution in [-0.2, 0) is 0 Å². The van der Waals surface area contributed by atoms with Gasteiger partial charge in [0.2, 0.25) is 0 Å². The second-order valence-corrected chi connectivity index (χ2v) is 6.56. The van der Waals surface area contributed by atoms with Crippen molar-refractivity contribution in [2.45, 2.75) is 13.3 Å². The smallest absolute Gasteiger partial charge is 0.119 e. The lowest BCUT2D eigenvalue weighted by Gasteiger charge is -2.17. The molecule has 0 spiro atoms. The van der Waals surface area contributed by atoms with Crippen LogP contribution >= 0.6 is 11.6 Å². The molecule has 27 heavy (non-hydrogen) atoms. The number of phenols is 1. The van der Waals surface area contributed by atoms with Crippen molar-refractivity contribution in [2.24, 2.45) is 0 Å². The quantitative estimate of drug-likeness (QED) is 0.382. The van der Waals surface area contributed by atoms with Crippen LogP contribution in [0, 0.1) is 0 Å². The van der Waals surface area contributed by atoms with Gasteiger partial charge in [-0.05, 0) is 58.5 Å². The van der Waals surface area contributed by atoms with Gasteiger partial charge < -0.3 is 9.84 Å². The second kappa shape index (κ2) is 9.29. The Morgan fingerprint density at radius 2 is 1.41 bits per heavy atom. The van der Waals surface area contributed by atoms with Gasteiger partial charge in [0.1, 0.15) is 18.1 Å². The fourth-order valence-corrected chi connectivity index (χ4v) is 3.26. The van der Waals surface area contributed by atoms with E-state index in [4.69, 9.17) is 16.3 Å². The number of allylic oxidation sites excluding steroid dienone is 1. The molecule has 0 heterocycles. The molecule has 0 aliphatic carbocycles. The minimum absolute atomic E-state index is 0.274. The summed E-state index contributed by atoms with van der Waals surface area (Å²) in [6, 6.07) is 25.9. The second-order valence-electron chi connectivity index (χ2n) is 6.18. The molecule has 0 saturated heterocycles. The molecule has 0 fully saturated rings. The lowest BCUT2D eigenvalue weighted by Crippen LogP contribution is -1.98. The van der Waals surface area contributed by atoms with Gasteiger partial charge >= 0.3 is 0 Å². The van der Waals surface area contributed by atoms with Gasteiger partial charge in [-0.3, -0.25) is 0 Å². The summed E-state index contributed by atoms with van der Waals surface area (Å²) in [6.07, 6.45) is 0.875. The van der Waals surface area contributed by atoms with Gasteiger partial charge in [0.25, 0.3) is 0 Å². The first kappa shape index (κ1) is 19.1. The number of hydrogen-bond acceptors (Lipinski definition) is 2. The van der Waals surface area contributed by atoms with Crippen LogP contribution in [0.15, 0.2) is 78.9 Å². The molecule has 0 aromatic heterocycles. The number of rotatable bonds is 7. The van der Waals surface area contributed by atoms with Crippen LogP contribution in [0.5, 0.6) is 11.5 Å². The summed E-state index contributed by atoms with van der Waals surface area (Å²) in [7, 11) is 0. The van der Waals surface area contributed by atoms with Crippen LogP contribution in [0.4, 0.5) is 0 Å². The lowest BCUT2D eigenvalue weighted by atomic mass is 9.88. The van der Waals surface area contributed by atoms with Gasteiger partial charge in [-0.1, -0.05) is 61.5 Å². The highest BCUT2D eigenvalue weighted by Gasteiger charge is 2.13. The lowest BCUT2D eigenvalue weighted by molar-refractivity contribution is 0.343. The molecule has 0 saturated carbocycles. The van der Waals surface area contributed by atoms with E-state index in [0.717, 1.165) is 28.9 Å². The maximum Gasteiger partial charge on any atom is 0.119 e. The fourth-order valence-electron chi connectivity index (χ4n) is 3.18. The van der Waals surface area contributed by atoms with Gasteiger partial charge in [0.15, 0.2) is 0 Å². The number of phenolic OH excluding ortho intramolecular Hbond substituents is 1. The number of alkyl halides is 1. The Labute approximate surface area is 165 Å². The Hall–Kier alpha value is -2.71. The highest BCUT2D eigenvalue weighted by molar-refractivity contribution is 6.18. The molecule has 3 aromatic rings. The van der Waals surface area contributed by atoms with Crippen molar-refractivity contribution in [1.29, 1.82) is 0 Å². The Kier molecular flexibility index (Phi) is 6.56. The first-order chi connectivity index (χ1) is 13.2. The van der Waals surface area contributed by atoms with Crippen LogP contribution in [0.25, 0.3) is 11.1 Å². The first-order valence-electron chi connectivity index (χ1n) is 9.10. The average molecular weight is 379 g/mol. The summed E-state index contributed by atoms with van der Waals surface area (Å²) >= 11 is 5.70. The van der Waals surface area contributed by atoms with Gasteiger partial charge in [0, 0.05) is 0 Å². The van der Waals surface area contributed by atoms with Gasteiger partial charge in [-0.25, -0.2) is 0 Å². The fraction of sp³-hybridized carbons (Fsp3) is 0.167. The van der Waals surface area contributed by atoms with E-state index in [-0.39, 0.29) is 5.75 Å². The van der Waals surface area contributed by atoms with E-state index in [1.165, 1.54) is 11.1 Å². The molecule has 3 heteroatoms. The number of aromatic hydroxyl groups is 1. The first-order valence-corrected chi connectivity index (χ1v) is 9.63. The highest BCUT2D eigenvalue weighted by atomic mass is 35.5. The van der Waals surface area contributed by atoms with E-state index >= 15 is 0 Å². The van der Waals surface area contributed by atoms with Crippen molar-refractivity contribution in [2.75, 3.05) is 12.5 Å². The third-order valence-electron chi connectivity index (χ3n) is 4.42. The van der Waals surface area contributed by atoms with Crippen LogP contribution in [-0.4, -0.2) is 17.6 Å². The van der Waals surface area contributed by atoms with Crippen molar-refractivity contribution in [3.63, 3.8) is 0 Å². The minimum atomic E-state index is 0.274. The van der Waals surface area contributed by atoms with Crippen LogP contribution in [0.3, 0.4) is 0 Å². The van der Waals surface area contributed by atoms with Gasteiger partial charge in [0.05, 0.1) is 5.88 Å². The van der Waals surface area contributed by atoms with Crippen molar-refractivity contribution in [3.8, 4) is 11.5 Å². The van der Waals surface area contributed by atoms with Crippen LogP contribution in [0.1, 0.15) is 30.0 Å². The summed E-state index contributed by atoms with van der Waals surface area (Å²) in [6.45, 7) is 2.65. The average Bonchev–Trinajstić information content (AvgIpc) is 2.72. The third-order valence-corrected chi connectivity index (χ3v) is 4.58. The maximum atomic E-state index is 9.65. The standard InChI is InChI=1S/C24H23ClO2/c1-2-23(18-8-12-21(26)13-9-18)24(19-6-4-3-5-7-19)20-10-14-22(15-11-20)27-17-16-25/h3-15,26H,2,16-17H2,1H3/b24-23+. The monoisotopic (exact) mass is 378 g/mol. The molecule has 0 aliphatic heterocycles. The molecule has 0 unspecified atom stereocenters. The summed E-state index contributed by atoms with van der Waals surface area (Å²) in [4.78, 5) is 0. The molecule has 1 N–H and O–H groups in total. The SMILES string of the molecule is CC/C(=C(/c1ccccc1)c1ccc(OCCCl)cc1)c1ccc(O)cc1. The minimum Gasteiger partial charge on any atom is -0.508 e. The predicted molar refractivity (Wildman–Crippen MR) is 113 cm³/mol. The van der Waals surface area contributed by atoms with Crippen molar-refractivity contribution >= 4 is 22.7 Å². The number of hydrogen-bond donors (Lipinski definition) is 1. The predicted octanol–water partition coefficient (Wildman–Crippen LogP) is 6.38. The molecular formula is C24H23ClO2. The summed E-state index contributed by atoms with van der Waals surface area (Å²) < 4.78 is 5.60. The molecule has 0 radical (unpaired) electrons. The molecular weight excluding hydrogens is 356 g/mol. The molecule has 2 nitrogen and oxygen atoms in total. The molecule has 0 aliphatic rings.